The van der Waals surface area contributed by atoms with Crippen molar-refractivity contribution in [2.45, 2.75) is 11.3 Å². The Labute approximate surface area is 162 Å². The lowest BCUT2D eigenvalue weighted by Crippen LogP contribution is -2.16. The van der Waals surface area contributed by atoms with Crippen molar-refractivity contribution in [3.05, 3.63) is 58.7 Å². The molecule has 2 N–H and O–H groups in total. The molecule has 0 radical (unpaired) electrons. The van der Waals surface area contributed by atoms with Gasteiger partial charge in [-0.1, -0.05) is 12.1 Å². The van der Waals surface area contributed by atoms with Gasteiger partial charge in [-0.2, -0.15) is 5.10 Å². The van der Waals surface area contributed by atoms with E-state index in [-0.39, 0.29) is 16.3 Å². The average molecular weight is 458 g/mol. The summed E-state index contributed by atoms with van der Waals surface area (Å²) in [4.78, 5) is -0.220. The number of aromatic nitrogens is 2. The summed E-state index contributed by atoms with van der Waals surface area (Å²) in [6.07, 6.45) is -2.83. The van der Waals surface area contributed by atoms with Crippen LogP contribution in [0.3, 0.4) is 0 Å². The predicted molar refractivity (Wildman–Crippen MR) is 99.6 cm³/mol. The topological polar surface area (TPSA) is 87.2 Å². The van der Waals surface area contributed by atoms with Crippen molar-refractivity contribution < 1.29 is 21.9 Å². The van der Waals surface area contributed by atoms with E-state index in [1.165, 1.54) is 31.4 Å². The minimum atomic E-state index is -4.09. The molecule has 0 aliphatic heterocycles. The van der Waals surface area contributed by atoms with Crippen LogP contribution in [0.15, 0.2) is 57.9 Å². The smallest absolute Gasteiger partial charge is 0.282 e. The van der Waals surface area contributed by atoms with Gasteiger partial charge in [0.1, 0.15) is 16.3 Å². The van der Waals surface area contributed by atoms with Crippen LogP contribution in [0.5, 0.6) is 5.75 Å². The Morgan fingerprint density at radius 1 is 1.19 bits per heavy atom. The first-order valence-corrected chi connectivity index (χ1v) is 9.90. The molecule has 27 heavy (non-hydrogen) atoms. The number of benzene rings is 2. The molecule has 142 valence electrons. The summed E-state index contributed by atoms with van der Waals surface area (Å²) < 4.78 is 57.3. The zero-order valence-electron chi connectivity index (χ0n) is 13.9. The Morgan fingerprint density at radius 2 is 1.89 bits per heavy atom. The van der Waals surface area contributed by atoms with E-state index in [0.717, 1.165) is 4.68 Å². The van der Waals surface area contributed by atoms with Crippen molar-refractivity contribution in [2.24, 2.45) is 5.14 Å². The van der Waals surface area contributed by atoms with Crippen molar-refractivity contribution in [3.8, 4) is 22.7 Å². The van der Waals surface area contributed by atoms with Gasteiger partial charge in [0.15, 0.2) is 0 Å². The summed E-state index contributed by atoms with van der Waals surface area (Å²) >= 11 is 3.35. The van der Waals surface area contributed by atoms with Gasteiger partial charge in [-0.15, -0.1) is 0 Å². The van der Waals surface area contributed by atoms with Gasteiger partial charge < -0.3 is 4.74 Å². The molecule has 0 unspecified atom stereocenters. The van der Waals surface area contributed by atoms with E-state index in [2.05, 4.69) is 21.0 Å². The van der Waals surface area contributed by atoms with Crippen LogP contribution in [-0.4, -0.2) is 25.3 Å². The van der Waals surface area contributed by atoms with E-state index in [4.69, 9.17) is 9.88 Å². The lowest BCUT2D eigenvalue weighted by atomic mass is 10.1. The van der Waals surface area contributed by atoms with E-state index in [9.17, 15) is 17.2 Å². The van der Waals surface area contributed by atoms with Crippen LogP contribution in [0, 0.1) is 0 Å². The molecule has 3 aromatic rings. The van der Waals surface area contributed by atoms with E-state index in [1.54, 1.807) is 24.3 Å². The van der Waals surface area contributed by atoms with Crippen molar-refractivity contribution in [3.63, 3.8) is 0 Å². The lowest BCUT2D eigenvalue weighted by Gasteiger charge is -2.12. The number of methoxy groups -OCH3 is 1. The molecule has 6 nitrogen and oxygen atoms in total. The Morgan fingerprint density at radius 3 is 2.48 bits per heavy atom. The maximum Gasteiger partial charge on any atom is 0.282 e. The second-order valence-corrected chi connectivity index (χ2v) is 7.91. The Balaban J connectivity index is 2.28. The number of sulfonamides is 1. The molecule has 0 atom stereocenters. The van der Waals surface area contributed by atoms with Crippen LogP contribution in [0.1, 0.15) is 12.1 Å². The van der Waals surface area contributed by atoms with Crippen LogP contribution in [0.25, 0.3) is 16.9 Å². The number of alkyl halides is 2. The van der Waals surface area contributed by atoms with Gasteiger partial charge in [0.25, 0.3) is 6.43 Å². The monoisotopic (exact) mass is 457 g/mol. The minimum absolute atomic E-state index is 0.0776. The Hall–Kier alpha value is -2.30. The van der Waals surface area contributed by atoms with E-state index in [1.807, 2.05) is 0 Å². The Bertz CT molecular complexity index is 1100. The molecular formula is C17H14BrF2N3O3S. The predicted octanol–water partition coefficient (Wildman–Crippen LogP) is 3.90. The first kappa shape index (κ1) is 19.5. The van der Waals surface area contributed by atoms with Crippen molar-refractivity contribution in [1.29, 1.82) is 0 Å². The highest BCUT2D eigenvalue weighted by Crippen LogP contribution is 2.34. The maximum absolute atomic E-state index is 13.3. The second-order valence-electron chi connectivity index (χ2n) is 5.53. The Kier molecular flexibility index (Phi) is 5.31. The first-order chi connectivity index (χ1) is 12.7. The molecule has 0 fully saturated rings. The maximum atomic E-state index is 13.3. The third kappa shape index (κ3) is 3.87. The number of ether oxygens (including phenoxy) is 1. The number of primary sulfonamides is 1. The van der Waals surface area contributed by atoms with E-state index >= 15 is 0 Å². The van der Waals surface area contributed by atoms with Gasteiger partial charge in [0, 0.05) is 5.56 Å². The average Bonchev–Trinajstić information content (AvgIpc) is 3.06. The molecule has 0 aliphatic rings. The number of rotatable bonds is 5. The van der Waals surface area contributed by atoms with Gasteiger partial charge in [0.2, 0.25) is 10.0 Å². The third-order valence-corrected chi connectivity index (χ3v) is 5.38. The minimum Gasteiger partial charge on any atom is -0.496 e. The van der Waals surface area contributed by atoms with Crippen LogP contribution in [-0.2, 0) is 10.0 Å². The number of nitrogens with two attached hydrogens (primary N) is 1. The number of halogens is 3. The summed E-state index contributed by atoms with van der Waals surface area (Å²) in [6.45, 7) is 0. The fraction of sp³-hybridized carbons (Fsp3) is 0.118. The zero-order valence-corrected chi connectivity index (χ0v) is 16.3. The molecule has 1 aromatic heterocycles. The van der Waals surface area contributed by atoms with E-state index < -0.39 is 22.1 Å². The molecule has 10 heteroatoms. The first-order valence-electron chi connectivity index (χ1n) is 7.56. The largest absolute Gasteiger partial charge is 0.496 e. The molecule has 0 amide bonds. The van der Waals surface area contributed by atoms with Crippen LogP contribution < -0.4 is 9.88 Å². The summed E-state index contributed by atoms with van der Waals surface area (Å²) in [5.41, 5.74) is 0.408. The fourth-order valence-electron chi connectivity index (χ4n) is 2.59. The molecule has 0 saturated carbocycles. The number of hydrogen-bond donors (Lipinski definition) is 1. The van der Waals surface area contributed by atoms with Crippen LogP contribution in [0.2, 0.25) is 0 Å². The van der Waals surface area contributed by atoms with Gasteiger partial charge in [-0.3, -0.25) is 0 Å². The number of nitrogens with zero attached hydrogens (tertiary/aromatic N) is 2. The van der Waals surface area contributed by atoms with Gasteiger partial charge >= 0.3 is 0 Å². The van der Waals surface area contributed by atoms with Crippen molar-refractivity contribution in [2.75, 3.05) is 7.11 Å². The van der Waals surface area contributed by atoms with Crippen molar-refractivity contribution >= 4 is 26.0 Å². The van der Waals surface area contributed by atoms with Crippen LogP contribution >= 0.6 is 15.9 Å². The third-order valence-electron chi connectivity index (χ3n) is 3.80. The number of hydrogen-bond acceptors (Lipinski definition) is 4. The highest BCUT2D eigenvalue weighted by atomic mass is 79.9. The molecule has 0 spiro atoms. The van der Waals surface area contributed by atoms with Crippen molar-refractivity contribution in [1.82, 2.24) is 9.78 Å². The highest BCUT2D eigenvalue weighted by Gasteiger charge is 2.22. The molecule has 0 aliphatic carbocycles. The quantitative estimate of drug-likeness (QED) is 0.629. The normalized spacial score (nSPS) is 11.8. The summed E-state index contributed by atoms with van der Waals surface area (Å²) in [6, 6.07) is 12.0. The standard InChI is InChI=1S/C17H14BrF2N3O3S/c1-26-15-7-6-10(8-11(15)18)14-9-12(17(19)20)22-23(14)13-4-2-3-5-16(13)27(21,24)25/h2-9,17H,1H3,(H2,21,24,25). The number of para-hydroxylation sites is 1. The van der Waals surface area contributed by atoms with Gasteiger partial charge in [0.05, 0.1) is 23.0 Å². The molecule has 0 saturated heterocycles. The zero-order chi connectivity index (χ0) is 19.8. The summed E-state index contributed by atoms with van der Waals surface area (Å²) in [7, 11) is -2.59. The lowest BCUT2D eigenvalue weighted by molar-refractivity contribution is 0.145. The van der Waals surface area contributed by atoms with Crippen LogP contribution in [0.4, 0.5) is 8.78 Å². The molecule has 3 rings (SSSR count). The summed E-state index contributed by atoms with van der Waals surface area (Å²) in [5, 5.41) is 9.17. The second kappa shape index (κ2) is 7.37. The molecule has 0 bridgehead atoms. The highest BCUT2D eigenvalue weighted by molar-refractivity contribution is 9.10. The molecule has 1 heterocycles. The summed E-state index contributed by atoms with van der Waals surface area (Å²) in [5.74, 6) is 0.559. The molecule has 2 aromatic carbocycles. The SMILES string of the molecule is COc1ccc(-c2cc(C(F)F)nn2-c2ccccc2S(N)(=O)=O)cc1Br. The fourth-order valence-corrected chi connectivity index (χ4v) is 3.85. The van der Waals surface area contributed by atoms with Gasteiger partial charge in [-0.05, 0) is 52.3 Å². The van der Waals surface area contributed by atoms with E-state index in [0.29, 0.717) is 15.8 Å². The molecular weight excluding hydrogens is 444 g/mol. The van der Waals surface area contributed by atoms with Gasteiger partial charge in [-0.25, -0.2) is 27.0 Å².